The summed E-state index contributed by atoms with van der Waals surface area (Å²) in [4.78, 5) is 14.3. The van der Waals surface area contributed by atoms with Gasteiger partial charge in [0.2, 0.25) is 0 Å². The van der Waals surface area contributed by atoms with Gasteiger partial charge in [0.15, 0.2) is 0 Å². The van der Waals surface area contributed by atoms with Gasteiger partial charge in [-0.05, 0) is 44.1 Å². The summed E-state index contributed by atoms with van der Waals surface area (Å²) in [7, 11) is 0. The minimum Gasteiger partial charge on any atom is -0.480 e. The van der Waals surface area contributed by atoms with Crippen molar-refractivity contribution in [1.29, 1.82) is 0 Å². The molecule has 2 rings (SSSR count). The van der Waals surface area contributed by atoms with Crippen molar-refractivity contribution in [2.45, 2.75) is 57.9 Å². The third-order valence-corrected chi connectivity index (χ3v) is 5.38. The van der Waals surface area contributed by atoms with E-state index < -0.39 is 11.5 Å². The van der Waals surface area contributed by atoms with Crippen LogP contribution in [0, 0.1) is 11.8 Å². The second-order valence-corrected chi connectivity index (χ2v) is 6.86. The van der Waals surface area contributed by atoms with Crippen LogP contribution >= 0.6 is 0 Å². The van der Waals surface area contributed by atoms with Crippen LogP contribution in [-0.2, 0) is 4.79 Å². The second-order valence-electron chi connectivity index (χ2n) is 6.86. The zero-order valence-electron chi connectivity index (χ0n) is 13.0. The van der Waals surface area contributed by atoms with Crippen LogP contribution in [-0.4, -0.2) is 47.7 Å². The van der Waals surface area contributed by atoms with Gasteiger partial charge in [0.25, 0.3) is 0 Å². The molecule has 2 N–H and O–H groups in total. The Hall–Kier alpha value is -0.610. The number of nitrogens with zero attached hydrogens (tertiary/aromatic N) is 1. The molecule has 2 unspecified atom stereocenters. The van der Waals surface area contributed by atoms with Gasteiger partial charge in [-0.25, -0.2) is 0 Å². The van der Waals surface area contributed by atoms with E-state index in [-0.39, 0.29) is 0 Å². The van der Waals surface area contributed by atoms with Crippen LogP contribution in [0.1, 0.15) is 52.4 Å². The Labute approximate surface area is 122 Å². The molecule has 0 bridgehead atoms. The van der Waals surface area contributed by atoms with E-state index in [9.17, 15) is 9.90 Å². The van der Waals surface area contributed by atoms with Crippen LogP contribution in [0.2, 0.25) is 0 Å². The van der Waals surface area contributed by atoms with Crippen molar-refractivity contribution < 1.29 is 9.90 Å². The van der Waals surface area contributed by atoms with E-state index in [4.69, 9.17) is 0 Å². The van der Waals surface area contributed by atoms with Gasteiger partial charge in [-0.2, -0.15) is 0 Å². The molecule has 2 atom stereocenters. The first-order chi connectivity index (χ1) is 9.56. The quantitative estimate of drug-likeness (QED) is 0.780. The number of carbonyl (C=O) groups is 1. The predicted octanol–water partition coefficient (Wildman–Crippen LogP) is 2.34. The first-order valence-corrected chi connectivity index (χ1v) is 8.25. The summed E-state index contributed by atoms with van der Waals surface area (Å²) in [6.07, 6.45) is 6.02. The lowest BCUT2D eigenvalue weighted by atomic mass is 9.85. The van der Waals surface area contributed by atoms with Crippen LogP contribution in [0.25, 0.3) is 0 Å². The number of carboxylic acid groups (broad SMARTS) is 1. The van der Waals surface area contributed by atoms with Crippen LogP contribution in [0.4, 0.5) is 0 Å². The SMILES string of the molecule is CC(C)C1CCCC(C(=O)O)(N2CCCNCC2)CC1. The molecule has 4 nitrogen and oxygen atoms in total. The van der Waals surface area contributed by atoms with Crippen LogP contribution in [0.15, 0.2) is 0 Å². The highest BCUT2D eigenvalue weighted by Crippen LogP contribution is 2.38. The molecule has 0 aromatic heterocycles. The van der Waals surface area contributed by atoms with E-state index in [1.54, 1.807) is 0 Å². The van der Waals surface area contributed by atoms with Gasteiger partial charge >= 0.3 is 5.97 Å². The molecule has 1 aliphatic heterocycles. The minimum atomic E-state index is -0.602. The average molecular weight is 282 g/mol. The summed E-state index contributed by atoms with van der Waals surface area (Å²) in [5.41, 5.74) is -0.602. The lowest BCUT2D eigenvalue weighted by Crippen LogP contribution is -2.55. The molecule has 1 heterocycles. The molecule has 0 aromatic rings. The lowest BCUT2D eigenvalue weighted by Gasteiger charge is -2.39. The maximum atomic E-state index is 12.1. The normalized spacial score (nSPS) is 33.6. The fourth-order valence-corrected chi connectivity index (χ4v) is 3.96. The van der Waals surface area contributed by atoms with Crippen LogP contribution in [0.3, 0.4) is 0 Å². The van der Waals surface area contributed by atoms with Crippen molar-refractivity contribution in [3.63, 3.8) is 0 Å². The number of nitrogens with one attached hydrogen (secondary N) is 1. The van der Waals surface area contributed by atoms with Gasteiger partial charge in [0.05, 0.1) is 0 Å². The maximum absolute atomic E-state index is 12.1. The average Bonchev–Trinajstić information content (AvgIpc) is 2.80. The maximum Gasteiger partial charge on any atom is 0.324 e. The predicted molar refractivity (Wildman–Crippen MR) is 80.8 cm³/mol. The van der Waals surface area contributed by atoms with Crippen molar-refractivity contribution >= 4 is 5.97 Å². The fraction of sp³-hybridized carbons (Fsp3) is 0.938. The van der Waals surface area contributed by atoms with Gasteiger partial charge < -0.3 is 10.4 Å². The molecule has 2 fully saturated rings. The van der Waals surface area contributed by atoms with Crippen molar-refractivity contribution in [3.8, 4) is 0 Å². The molecule has 0 radical (unpaired) electrons. The number of carboxylic acids is 1. The third-order valence-electron chi connectivity index (χ3n) is 5.38. The largest absolute Gasteiger partial charge is 0.480 e. The Kier molecular flexibility index (Phi) is 5.44. The second kappa shape index (κ2) is 6.90. The molecule has 4 heteroatoms. The van der Waals surface area contributed by atoms with E-state index in [1.165, 1.54) is 6.42 Å². The standard InChI is InChI=1S/C16H30N2O2/c1-13(2)14-5-3-7-16(8-6-14,15(19)20)18-11-4-9-17-10-12-18/h13-14,17H,3-12H2,1-2H3,(H,19,20). The molecule has 116 valence electrons. The van der Waals surface area contributed by atoms with Crippen molar-refractivity contribution in [1.82, 2.24) is 10.2 Å². The molecule has 1 saturated heterocycles. The summed E-state index contributed by atoms with van der Waals surface area (Å²) in [6, 6.07) is 0. The molecule has 1 saturated carbocycles. The Balaban J connectivity index is 2.14. The van der Waals surface area contributed by atoms with Gasteiger partial charge in [-0.15, -0.1) is 0 Å². The summed E-state index contributed by atoms with van der Waals surface area (Å²) in [6.45, 7) is 8.27. The van der Waals surface area contributed by atoms with Gasteiger partial charge in [0.1, 0.15) is 5.54 Å². The van der Waals surface area contributed by atoms with Gasteiger partial charge in [-0.1, -0.05) is 26.7 Å². The van der Waals surface area contributed by atoms with E-state index >= 15 is 0 Å². The molecular weight excluding hydrogens is 252 g/mol. The van der Waals surface area contributed by atoms with Crippen LogP contribution < -0.4 is 5.32 Å². The monoisotopic (exact) mass is 282 g/mol. The Morgan fingerprint density at radius 3 is 2.70 bits per heavy atom. The van der Waals surface area contributed by atoms with E-state index in [2.05, 4.69) is 24.1 Å². The molecule has 0 amide bonds. The first kappa shape index (κ1) is 15.8. The Morgan fingerprint density at radius 2 is 2.00 bits per heavy atom. The lowest BCUT2D eigenvalue weighted by molar-refractivity contribution is -0.153. The Bertz CT molecular complexity index is 324. The number of rotatable bonds is 3. The summed E-state index contributed by atoms with van der Waals surface area (Å²) in [5.74, 6) is 0.774. The topological polar surface area (TPSA) is 52.6 Å². The number of hydrogen-bond acceptors (Lipinski definition) is 3. The summed E-state index contributed by atoms with van der Waals surface area (Å²) < 4.78 is 0. The zero-order valence-corrected chi connectivity index (χ0v) is 13.0. The number of aliphatic carboxylic acids is 1. The molecule has 1 aliphatic carbocycles. The number of hydrogen-bond donors (Lipinski definition) is 2. The summed E-state index contributed by atoms with van der Waals surface area (Å²) >= 11 is 0. The summed E-state index contributed by atoms with van der Waals surface area (Å²) in [5, 5.41) is 13.3. The first-order valence-electron chi connectivity index (χ1n) is 8.25. The van der Waals surface area contributed by atoms with Gasteiger partial charge in [0, 0.05) is 19.6 Å². The highest BCUT2D eigenvalue weighted by molar-refractivity contribution is 5.78. The van der Waals surface area contributed by atoms with Crippen molar-refractivity contribution in [2.24, 2.45) is 11.8 Å². The molecule has 20 heavy (non-hydrogen) atoms. The fourth-order valence-electron chi connectivity index (χ4n) is 3.96. The van der Waals surface area contributed by atoms with Crippen molar-refractivity contribution in [3.05, 3.63) is 0 Å². The minimum absolute atomic E-state index is 0.594. The molecular formula is C16H30N2O2. The van der Waals surface area contributed by atoms with Gasteiger partial charge in [-0.3, -0.25) is 9.69 Å². The molecule has 2 aliphatic rings. The van der Waals surface area contributed by atoms with Crippen molar-refractivity contribution in [2.75, 3.05) is 26.2 Å². The van der Waals surface area contributed by atoms with E-state index in [0.29, 0.717) is 11.8 Å². The highest BCUT2D eigenvalue weighted by atomic mass is 16.4. The van der Waals surface area contributed by atoms with E-state index in [0.717, 1.165) is 58.3 Å². The molecule has 0 spiro atoms. The molecule has 0 aromatic carbocycles. The van der Waals surface area contributed by atoms with E-state index in [1.807, 2.05) is 0 Å². The Morgan fingerprint density at radius 1 is 1.20 bits per heavy atom. The smallest absolute Gasteiger partial charge is 0.324 e. The highest BCUT2D eigenvalue weighted by Gasteiger charge is 2.45. The zero-order chi connectivity index (χ0) is 14.6. The third kappa shape index (κ3) is 3.34. The van der Waals surface area contributed by atoms with Crippen LogP contribution in [0.5, 0.6) is 0 Å².